The van der Waals surface area contributed by atoms with Crippen LogP contribution in [0, 0.1) is 0 Å². The zero-order valence-corrected chi connectivity index (χ0v) is 16.9. The second-order valence-electron chi connectivity index (χ2n) is 7.51. The first-order chi connectivity index (χ1) is 13.3. The number of hydrogen-bond acceptors (Lipinski definition) is 5. The lowest BCUT2D eigenvalue weighted by Crippen LogP contribution is -2.34. The van der Waals surface area contributed by atoms with Crippen LogP contribution in [-0.2, 0) is 16.4 Å². The van der Waals surface area contributed by atoms with E-state index in [0.29, 0.717) is 23.5 Å². The summed E-state index contributed by atoms with van der Waals surface area (Å²) in [5.74, 6) is 0.245. The summed E-state index contributed by atoms with van der Waals surface area (Å²) in [5.41, 5.74) is 3.08. The maximum Gasteiger partial charge on any atom is 0.256 e. The van der Waals surface area contributed by atoms with Gasteiger partial charge < -0.3 is 10.2 Å². The van der Waals surface area contributed by atoms with Gasteiger partial charge in [-0.3, -0.25) is 9.10 Å². The summed E-state index contributed by atoms with van der Waals surface area (Å²) in [6, 6.07) is 8.77. The van der Waals surface area contributed by atoms with Crippen molar-refractivity contribution in [1.82, 2.24) is 4.98 Å². The average Bonchev–Trinajstić information content (AvgIpc) is 3.27. The number of nitrogens with zero attached hydrogens (tertiary/aromatic N) is 3. The quantitative estimate of drug-likeness (QED) is 0.853. The van der Waals surface area contributed by atoms with Crippen LogP contribution in [-0.4, -0.2) is 44.7 Å². The third-order valence-corrected chi connectivity index (χ3v) is 6.58. The Morgan fingerprint density at radius 2 is 1.93 bits per heavy atom. The van der Waals surface area contributed by atoms with Crippen LogP contribution in [0.25, 0.3) is 0 Å². The molecule has 0 bridgehead atoms. The van der Waals surface area contributed by atoms with Gasteiger partial charge in [0.25, 0.3) is 5.91 Å². The highest BCUT2D eigenvalue weighted by molar-refractivity contribution is 7.92. The molecule has 0 aliphatic carbocycles. The number of amides is 1. The van der Waals surface area contributed by atoms with Crippen LogP contribution >= 0.6 is 0 Å². The number of carbonyl (C=O) groups excluding carboxylic acids is 1. The highest BCUT2D eigenvalue weighted by atomic mass is 32.2. The van der Waals surface area contributed by atoms with Crippen molar-refractivity contribution in [1.29, 1.82) is 0 Å². The lowest BCUT2D eigenvalue weighted by atomic mass is 10.1. The number of sulfonamides is 1. The highest BCUT2D eigenvalue weighted by Gasteiger charge is 2.32. The van der Waals surface area contributed by atoms with Crippen LogP contribution in [0.3, 0.4) is 0 Å². The van der Waals surface area contributed by atoms with Gasteiger partial charge in [0.05, 0.1) is 23.8 Å². The van der Waals surface area contributed by atoms with Crippen LogP contribution < -0.4 is 14.5 Å². The van der Waals surface area contributed by atoms with E-state index in [0.717, 1.165) is 24.3 Å². The zero-order chi connectivity index (χ0) is 19.9. The first-order valence-corrected chi connectivity index (χ1v) is 11.3. The molecule has 2 aromatic rings. The van der Waals surface area contributed by atoms with Crippen molar-refractivity contribution < 1.29 is 13.2 Å². The number of fused-ring (bicyclic) bond motifs is 1. The molecule has 1 atom stereocenters. The third-order valence-electron chi connectivity index (χ3n) is 5.31. The van der Waals surface area contributed by atoms with Gasteiger partial charge in [0.2, 0.25) is 10.0 Å². The van der Waals surface area contributed by atoms with Crippen molar-refractivity contribution in [2.45, 2.75) is 32.2 Å². The van der Waals surface area contributed by atoms with Crippen molar-refractivity contribution in [3.63, 3.8) is 0 Å². The Morgan fingerprint density at radius 3 is 2.57 bits per heavy atom. The van der Waals surface area contributed by atoms with Gasteiger partial charge in [-0.05, 0) is 62.1 Å². The van der Waals surface area contributed by atoms with E-state index in [4.69, 9.17) is 0 Å². The molecule has 0 spiro atoms. The number of hydrogen-bond donors (Lipinski definition) is 1. The van der Waals surface area contributed by atoms with Gasteiger partial charge in [-0.2, -0.15) is 0 Å². The summed E-state index contributed by atoms with van der Waals surface area (Å²) in [5, 5.41) is 2.82. The maximum absolute atomic E-state index is 12.6. The normalized spacial score (nSPS) is 19.0. The van der Waals surface area contributed by atoms with E-state index < -0.39 is 10.0 Å². The fraction of sp³-hybridized carbons (Fsp3) is 0.400. The van der Waals surface area contributed by atoms with Crippen LogP contribution in [0.4, 0.5) is 17.2 Å². The SMILES string of the molecule is C[C@@H]1Cc2cc(C(=O)Nc3ccc(N4CCCC4)cn3)ccc2N1S(C)(=O)=O. The molecule has 1 aromatic carbocycles. The molecule has 0 radical (unpaired) electrons. The van der Waals surface area contributed by atoms with E-state index in [9.17, 15) is 13.2 Å². The Hall–Kier alpha value is -2.61. The minimum Gasteiger partial charge on any atom is -0.370 e. The molecule has 1 fully saturated rings. The van der Waals surface area contributed by atoms with E-state index in [2.05, 4.69) is 15.2 Å². The number of aromatic nitrogens is 1. The van der Waals surface area contributed by atoms with Gasteiger partial charge in [-0.1, -0.05) is 0 Å². The van der Waals surface area contributed by atoms with E-state index >= 15 is 0 Å². The summed E-state index contributed by atoms with van der Waals surface area (Å²) >= 11 is 0. The van der Waals surface area contributed by atoms with Gasteiger partial charge in [-0.25, -0.2) is 13.4 Å². The molecule has 1 N–H and O–H groups in total. The van der Waals surface area contributed by atoms with Gasteiger partial charge in [0, 0.05) is 24.7 Å². The largest absolute Gasteiger partial charge is 0.370 e. The van der Waals surface area contributed by atoms with Crippen LogP contribution in [0.5, 0.6) is 0 Å². The molecule has 8 heteroatoms. The lowest BCUT2D eigenvalue weighted by Gasteiger charge is -2.21. The molecule has 3 heterocycles. The fourth-order valence-corrected chi connectivity index (χ4v) is 5.32. The van der Waals surface area contributed by atoms with Crippen molar-refractivity contribution in [2.75, 3.05) is 33.9 Å². The maximum atomic E-state index is 12.6. The van der Waals surface area contributed by atoms with Crippen molar-refractivity contribution in [3.8, 4) is 0 Å². The molecule has 2 aliphatic rings. The average molecular weight is 401 g/mol. The number of carbonyl (C=O) groups is 1. The first-order valence-electron chi connectivity index (χ1n) is 9.47. The van der Waals surface area contributed by atoms with Crippen molar-refractivity contribution in [2.24, 2.45) is 0 Å². The number of benzene rings is 1. The Kier molecular flexibility index (Phi) is 4.74. The predicted octanol–water partition coefficient (Wildman–Crippen LogP) is 2.64. The molecule has 28 heavy (non-hydrogen) atoms. The molecule has 7 nitrogen and oxygen atoms in total. The van der Waals surface area contributed by atoms with E-state index in [1.165, 1.54) is 23.4 Å². The predicted molar refractivity (Wildman–Crippen MR) is 111 cm³/mol. The lowest BCUT2D eigenvalue weighted by molar-refractivity contribution is 0.102. The molecule has 1 saturated heterocycles. The number of pyridine rings is 1. The third kappa shape index (κ3) is 3.56. The molecule has 0 unspecified atom stereocenters. The summed E-state index contributed by atoms with van der Waals surface area (Å²) in [6.07, 6.45) is 5.98. The van der Waals surface area contributed by atoms with Gasteiger partial charge >= 0.3 is 0 Å². The van der Waals surface area contributed by atoms with Crippen molar-refractivity contribution >= 4 is 33.1 Å². The zero-order valence-electron chi connectivity index (χ0n) is 16.1. The second kappa shape index (κ2) is 7.09. The van der Waals surface area contributed by atoms with E-state index in [-0.39, 0.29) is 11.9 Å². The van der Waals surface area contributed by atoms with Crippen LogP contribution in [0.15, 0.2) is 36.5 Å². The van der Waals surface area contributed by atoms with Gasteiger partial charge in [0.15, 0.2) is 0 Å². The molecule has 1 amide bonds. The van der Waals surface area contributed by atoms with E-state index in [1.807, 2.05) is 19.1 Å². The second-order valence-corrected chi connectivity index (χ2v) is 9.36. The van der Waals surface area contributed by atoms with Crippen LogP contribution in [0.1, 0.15) is 35.7 Å². The molecule has 0 saturated carbocycles. The Labute approximate surface area is 165 Å². The highest BCUT2D eigenvalue weighted by Crippen LogP contribution is 2.34. The molecule has 148 valence electrons. The Balaban J connectivity index is 1.49. The Morgan fingerprint density at radius 1 is 1.18 bits per heavy atom. The molecule has 1 aromatic heterocycles. The van der Waals surface area contributed by atoms with Gasteiger partial charge in [0.1, 0.15) is 5.82 Å². The van der Waals surface area contributed by atoms with Gasteiger partial charge in [-0.15, -0.1) is 0 Å². The molecule has 4 rings (SSSR count). The summed E-state index contributed by atoms with van der Waals surface area (Å²) in [4.78, 5) is 19.3. The van der Waals surface area contributed by atoms with Crippen LogP contribution in [0.2, 0.25) is 0 Å². The smallest absolute Gasteiger partial charge is 0.256 e. The number of rotatable bonds is 4. The fourth-order valence-electron chi connectivity index (χ4n) is 4.06. The van der Waals surface area contributed by atoms with E-state index in [1.54, 1.807) is 24.4 Å². The summed E-state index contributed by atoms with van der Waals surface area (Å²) < 4.78 is 25.5. The first kappa shape index (κ1) is 18.7. The number of nitrogens with one attached hydrogen (secondary N) is 1. The number of anilines is 3. The molecule has 2 aliphatic heterocycles. The minimum atomic E-state index is -3.34. The Bertz CT molecular complexity index is 999. The standard InChI is InChI=1S/C20H24N4O3S/c1-14-11-16-12-15(5-7-18(16)24(14)28(2,26)27)20(25)22-19-8-6-17(13-21-19)23-9-3-4-10-23/h5-8,12-14H,3-4,9-11H2,1-2H3,(H,21,22,25)/t14-/m1/s1. The summed E-state index contributed by atoms with van der Waals surface area (Å²) in [6.45, 7) is 3.96. The molecular weight excluding hydrogens is 376 g/mol. The van der Waals surface area contributed by atoms with Crippen molar-refractivity contribution in [3.05, 3.63) is 47.7 Å². The summed E-state index contributed by atoms with van der Waals surface area (Å²) in [7, 11) is -3.34. The topological polar surface area (TPSA) is 82.6 Å². The minimum absolute atomic E-state index is 0.150. The monoisotopic (exact) mass is 400 g/mol. The molecular formula is C20H24N4O3S.